The van der Waals surface area contributed by atoms with Crippen molar-refractivity contribution in [2.24, 2.45) is 0 Å². The van der Waals surface area contributed by atoms with Gasteiger partial charge in [0.2, 0.25) is 0 Å². The largest absolute Gasteiger partial charge is 0.358 e. The van der Waals surface area contributed by atoms with Crippen LogP contribution >= 0.6 is 12.6 Å². The molecule has 0 bridgehead atoms. The van der Waals surface area contributed by atoms with Gasteiger partial charge >= 0.3 is 0 Å². The van der Waals surface area contributed by atoms with E-state index in [4.69, 9.17) is 0 Å². The molecule has 0 aromatic rings. The average Bonchev–Trinajstić information content (AvgIpc) is 1.69. The van der Waals surface area contributed by atoms with Crippen molar-refractivity contribution >= 4 is 12.6 Å². The fourth-order valence-corrected chi connectivity index (χ4v) is 0.689. The maximum absolute atomic E-state index is 4.07. The number of hydrogen-bond donors (Lipinski definition) is 2. The molecule has 0 amide bonds. The zero-order valence-corrected chi connectivity index (χ0v) is 5.58. The Morgan fingerprint density at radius 2 is 1.86 bits per heavy atom. The van der Waals surface area contributed by atoms with E-state index in [1.165, 1.54) is 19.3 Å². The summed E-state index contributed by atoms with van der Waals surface area (Å²) in [5.74, 6) is 1.03. The van der Waals surface area contributed by atoms with Gasteiger partial charge in [-0.05, 0) is 25.0 Å². The Bertz CT molecular complexity index is 27.3. The van der Waals surface area contributed by atoms with Crippen LogP contribution in [0.5, 0.6) is 0 Å². The minimum Gasteiger partial charge on any atom is -0.358 e. The van der Waals surface area contributed by atoms with Crippen LogP contribution in [0.25, 0.3) is 0 Å². The van der Waals surface area contributed by atoms with Gasteiger partial charge in [0.05, 0.1) is 6.54 Å². The number of hydrogen-bond acceptors (Lipinski definition) is 1. The van der Waals surface area contributed by atoms with Gasteiger partial charge in [-0.15, -0.1) is 0 Å². The molecule has 2 heteroatoms. The molecule has 1 nitrogen and oxygen atoms in total. The summed E-state index contributed by atoms with van der Waals surface area (Å²) in [6.45, 7) is 1.08. The van der Waals surface area contributed by atoms with Crippen LogP contribution in [-0.4, -0.2) is 12.3 Å². The molecular weight excluding hydrogens is 106 g/mol. The molecule has 7 heavy (non-hydrogen) atoms. The van der Waals surface area contributed by atoms with Crippen molar-refractivity contribution in [1.82, 2.24) is 0 Å². The van der Waals surface area contributed by atoms with Crippen molar-refractivity contribution in [1.29, 1.82) is 0 Å². The predicted molar refractivity (Wildman–Crippen MR) is 35.5 cm³/mol. The first-order valence-corrected chi connectivity index (χ1v) is 3.45. The molecule has 3 N–H and O–H groups in total. The first-order valence-electron chi connectivity index (χ1n) is 2.82. The highest BCUT2D eigenvalue weighted by Crippen LogP contribution is 1.92. The molecule has 0 saturated heterocycles. The molecule has 0 spiro atoms. The number of thiol groups is 1. The fraction of sp³-hybridized carbons (Fsp3) is 1.00. The molecule has 0 aliphatic carbocycles. The summed E-state index contributed by atoms with van der Waals surface area (Å²) in [7, 11) is 0. The predicted octanol–water partition coefficient (Wildman–Crippen LogP) is 0.328. The van der Waals surface area contributed by atoms with E-state index in [0.29, 0.717) is 0 Å². The molecule has 0 radical (unpaired) electrons. The lowest BCUT2D eigenvalue weighted by Crippen LogP contribution is -2.50. The fourth-order valence-electron chi connectivity index (χ4n) is 0.465. The Labute approximate surface area is 50.7 Å². The molecule has 0 aromatic heterocycles. The third-order valence-corrected chi connectivity index (χ3v) is 1.22. The van der Waals surface area contributed by atoms with Gasteiger partial charge in [0.1, 0.15) is 0 Å². The van der Waals surface area contributed by atoms with Crippen molar-refractivity contribution in [2.75, 3.05) is 12.3 Å². The minimum atomic E-state index is 1.03. The SMILES string of the molecule is [NH3+]CCCCCS. The zero-order valence-electron chi connectivity index (χ0n) is 4.69. The van der Waals surface area contributed by atoms with Gasteiger partial charge in [-0.1, -0.05) is 0 Å². The van der Waals surface area contributed by atoms with Crippen LogP contribution in [0.2, 0.25) is 0 Å². The second-order valence-corrected chi connectivity index (χ2v) is 2.09. The lowest BCUT2D eigenvalue weighted by Gasteiger charge is -1.88. The second-order valence-electron chi connectivity index (χ2n) is 1.64. The number of rotatable bonds is 4. The molecule has 0 aliphatic rings. The molecule has 0 atom stereocenters. The maximum Gasteiger partial charge on any atom is 0.0739 e. The molecule has 0 aromatic carbocycles. The third-order valence-electron chi connectivity index (χ3n) is 0.908. The van der Waals surface area contributed by atoms with Gasteiger partial charge in [0.15, 0.2) is 0 Å². The smallest absolute Gasteiger partial charge is 0.0739 e. The third kappa shape index (κ3) is 6.31. The highest BCUT2D eigenvalue weighted by Gasteiger charge is 1.82. The van der Waals surface area contributed by atoms with E-state index in [-0.39, 0.29) is 0 Å². The molecule has 0 unspecified atom stereocenters. The summed E-state index contributed by atoms with van der Waals surface area (Å²) < 4.78 is 0. The summed E-state index contributed by atoms with van der Waals surface area (Å²) >= 11 is 4.07. The average molecular weight is 120 g/mol. The second kappa shape index (κ2) is 6.31. The molecule has 44 valence electrons. The summed E-state index contributed by atoms with van der Waals surface area (Å²) in [5.41, 5.74) is 3.73. The maximum atomic E-state index is 4.07. The van der Waals surface area contributed by atoms with E-state index in [9.17, 15) is 0 Å². The molecule has 0 saturated carbocycles. The summed E-state index contributed by atoms with van der Waals surface area (Å²) in [6, 6.07) is 0. The van der Waals surface area contributed by atoms with Crippen LogP contribution in [-0.2, 0) is 0 Å². The van der Waals surface area contributed by atoms with Crippen molar-refractivity contribution in [3.63, 3.8) is 0 Å². The monoisotopic (exact) mass is 120 g/mol. The van der Waals surface area contributed by atoms with E-state index in [1.807, 2.05) is 0 Å². The van der Waals surface area contributed by atoms with E-state index in [1.54, 1.807) is 0 Å². The van der Waals surface area contributed by atoms with Crippen molar-refractivity contribution in [3.8, 4) is 0 Å². The highest BCUT2D eigenvalue weighted by atomic mass is 32.1. The normalized spacial score (nSPS) is 9.43. The first kappa shape index (κ1) is 7.31. The van der Waals surface area contributed by atoms with Gasteiger partial charge in [0, 0.05) is 0 Å². The number of quaternary nitrogens is 1. The Kier molecular flexibility index (Phi) is 6.59. The summed E-state index contributed by atoms with van der Waals surface area (Å²) in [4.78, 5) is 0. The molecule has 0 heterocycles. The molecule has 0 rings (SSSR count). The number of unbranched alkanes of at least 4 members (excludes halogenated alkanes) is 2. The summed E-state index contributed by atoms with van der Waals surface area (Å²) in [5, 5.41) is 0. The zero-order chi connectivity index (χ0) is 5.54. The topological polar surface area (TPSA) is 27.6 Å². The lowest BCUT2D eigenvalue weighted by atomic mass is 10.2. The van der Waals surface area contributed by atoms with Gasteiger partial charge < -0.3 is 5.73 Å². The lowest BCUT2D eigenvalue weighted by molar-refractivity contribution is -0.368. The van der Waals surface area contributed by atoms with Gasteiger partial charge in [-0.2, -0.15) is 12.6 Å². The van der Waals surface area contributed by atoms with Crippen LogP contribution in [0, 0.1) is 0 Å². The van der Waals surface area contributed by atoms with E-state index >= 15 is 0 Å². The Hall–Kier alpha value is 0.310. The highest BCUT2D eigenvalue weighted by molar-refractivity contribution is 7.80. The van der Waals surface area contributed by atoms with E-state index in [0.717, 1.165) is 12.3 Å². The Morgan fingerprint density at radius 1 is 1.14 bits per heavy atom. The van der Waals surface area contributed by atoms with Gasteiger partial charge in [0.25, 0.3) is 0 Å². The van der Waals surface area contributed by atoms with Crippen molar-refractivity contribution < 1.29 is 5.73 Å². The first-order chi connectivity index (χ1) is 3.41. The summed E-state index contributed by atoms with van der Waals surface area (Å²) in [6.07, 6.45) is 3.81. The van der Waals surface area contributed by atoms with E-state index in [2.05, 4.69) is 18.4 Å². The quantitative estimate of drug-likeness (QED) is 0.395. The van der Waals surface area contributed by atoms with Gasteiger partial charge in [-0.3, -0.25) is 0 Å². The Morgan fingerprint density at radius 3 is 2.29 bits per heavy atom. The van der Waals surface area contributed by atoms with Gasteiger partial charge in [-0.25, -0.2) is 0 Å². The Balaban J connectivity index is 2.45. The van der Waals surface area contributed by atoms with Crippen LogP contribution in [0.15, 0.2) is 0 Å². The standard InChI is InChI=1S/C5H13NS/c6-4-2-1-3-5-7/h7H,1-6H2/p+1. The van der Waals surface area contributed by atoms with Crippen LogP contribution in [0.4, 0.5) is 0 Å². The van der Waals surface area contributed by atoms with Crippen LogP contribution < -0.4 is 5.73 Å². The molecule has 0 aliphatic heterocycles. The van der Waals surface area contributed by atoms with Crippen molar-refractivity contribution in [2.45, 2.75) is 19.3 Å². The van der Waals surface area contributed by atoms with Crippen LogP contribution in [0.3, 0.4) is 0 Å². The van der Waals surface area contributed by atoms with E-state index < -0.39 is 0 Å². The molecule has 0 fully saturated rings. The van der Waals surface area contributed by atoms with Crippen molar-refractivity contribution in [3.05, 3.63) is 0 Å². The minimum absolute atomic E-state index is 1.03. The van der Waals surface area contributed by atoms with Crippen LogP contribution in [0.1, 0.15) is 19.3 Å². The molecular formula is C5H14NS+.